The highest BCUT2D eigenvalue weighted by atomic mass is 32.1. The number of aromatic nitrogens is 1. The summed E-state index contributed by atoms with van der Waals surface area (Å²) < 4.78 is 35.6. The summed E-state index contributed by atoms with van der Waals surface area (Å²) in [6, 6.07) is -0.618. The minimum Gasteiger partial charge on any atom is -0.345 e. The third-order valence-electron chi connectivity index (χ3n) is 2.59. The van der Waals surface area contributed by atoms with Gasteiger partial charge in [-0.05, 0) is 13.8 Å². The van der Waals surface area contributed by atoms with Crippen LogP contribution >= 0.6 is 11.3 Å². The van der Waals surface area contributed by atoms with Gasteiger partial charge in [-0.2, -0.15) is 13.2 Å². The number of carbonyl (C=O) groups is 2. The molecule has 1 rings (SSSR count). The highest BCUT2D eigenvalue weighted by Crippen LogP contribution is 2.16. The van der Waals surface area contributed by atoms with Crippen molar-refractivity contribution in [3.63, 3.8) is 0 Å². The van der Waals surface area contributed by atoms with Gasteiger partial charge in [-0.25, -0.2) is 9.78 Å². The number of rotatable bonds is 6. The molecule has 1 heterocycles. The molecule has 0 radical (unpaired) electrons. The Kier molecular flexibility index (Phi) is 6.60. The molecule has 0 saturated carbocycles. The Labute approximate surface area is 129 Å². The van der Waals surface area contributed by atoms with Gasteiger partial charge in [0.15, 0.2) is 0 Å². The second-order valence-corrected chi connectivity index (χ2v) is 5.79. The highest BCUT2D eigenvalue weighted by Gasteiger charge is 2.27. The second-order valence-electron chi connectivity index (χ2n) is 4.50. The molecule has 1 aromatic heterocycles. The number of nitrogens with zero attached hydrogens (tertiary/aromatic N) is 1. The molecule has 1 aromatic rings. The molecule has 3 amide bonds. The zero-order valence-electron chi connectivity index (χ0n) is 12.1. The van der Waals surface area contributed by atoms with Gasteiger partial charge < -0.3 is 16.0 Å². The topological polar surface area (TPSA) is 83.1 Å². The minimum atomic E-state index is -4.47. The van der Waals surface area contributed by atoms with E-state index in [2.05, 4.69) is 15.6 Å². The van der Waals surface area contributed by atoms with Crippen LogP contribution in [0.4, 0.5) is 18.0 Å². The summed E-state index contributed by atoms with van der Waals surface area (Å²) in [7, 11) is 0. The van der Waals surface area contributed by atoms with Crippen molar-refractivity contribution in [3.8, 4) is 0 Å². The Bertz CT molecular complexity index is 511. The van der Waals surface area contributed by atoms with E-state index in [1.54, 1.807) is 5.32 Å². The van der Waals surface area contributed by atoms with Crippen LogP contribution in [0, 0.1) is 13.8 Å². The lowest BCUT2D eigenvalue weighted by Crippen LogP contribution is -2.44. The molecule has 0 aliphatic heterocycles. The summed E-state index contributed by atoms with van der Waals surface area (Å²) in [6.07, 6.45) is -3.92. The van der Waals surface area contributed by atoms with Gasteiger partial charge in [-0.3, -0.25) is 4.79 Å². The van der Waals surface area contributed by atoms with Crippen LogP contribution in [0.1, 0.15) is 15.6 Å². The summed E-state index contributed by atoms with van der Waals surface area (Å²) in [6.45, 7) is 2.24. The van der Waals surface area contributed by atoms with Crippen LogP contribution in [0.3, 0.4) is 0 Å². The number of hydrogen-bond acceptors (Lipinski definition) is 4. The van der Waals surface area contributed by atoms with Crippen molar-refractivity contribution < 1.29 is 22.8 Å². The molecule has 0 spiro atoms. The number of carbonyl (C=O) groups excluding carboxylic acids is 2. The normalized spacial score (nSPS) is 11.1. The van der Waals surface area contributed by atoms with Gasteiger partial charge in [0.1, 0.15) is 6.54 Å². The van der Waals surface area contributed by atoms with Crippen molar-refractivity contribution in [2.75, 3.05) is 19.6 Å². The van der Waals surface area contributed by atoms with Crippen LogP contribution in [0.2, 0.25) is 0 Å². The smallest absolute Gasteiger partial charge is 0.345 e. The Hall–Kier alpha value is -1.84. The van der Waals surface area contributed by atoms with E-state index in [0.29, 0.717) is 13.0 Å². The predicted molar refractivity (Wildman–Crippen MR) is 75.8 cm³/mol. The number of urea groups is 1. The van der Waals surface area contributed by atoms with E-state index in [0.717, 1.165) is 15.6 Å². The lowest BCUT2D eigenvalue weighted by molar-refractivity contribution is -0.137. The van der Waals surface area contributed by atoms with Crippen molar-refractivity contribution in [1.29, 1.82) is 0 Å². The minimum absolute atomic E-state index is 0.322. The van der Waals surface area contributed by atoms with Gasteiger partial charge in [0.05, 0.1) is 17.2 Å². The van der Waals surface area contributed by atoms with Crippen molar-refractivity contribution in [2.24, 2.45) is 0 Å². The molecule has 0 atom stereocenters. The predicted octanol–water partition coefficient (Wildman–Crippen LogP) is 1.28. The molecule has 22 heavy (non-hydrogen) atoms. The first-order valence-electron chi connectivity index (χ1n) is 6.45. The van der Waals surface area contributed by atoms with E-state index in [1.165, 1.54) is 11.3 Å². The van der Waals surface area contributed by atoms with Crippen LogP contribution in [0.5, 0.6) is 0 Å². The first-order valence-corrected chi connectivity index (χ1v) is 7.27. The van der Waals surface area contributed by atoms with Crippen LogP contribution < -0.4 is 16.0 Å². The number of alkyl halides is 3. The fourth-order valence-corrected chi connectivity index (χ4v) is 2.35. The standard InChI is InChI=1S/C12H17F3N4O2S/c1-7-8(2)22-10(19-7)3-4-16-11(21)17-5-9(20)18-6-12(13,14)15/h3-6H2,1-2H3,(H,18,20)(H2,16,17,21). The van der Waals surface area contributed by atoms with Gasteiger partial charge in [0.25, 0.3) is 0 Å². The Morgan fingerprint density at radius 3 is 2.41 bits per heavy atom. The monoisotopic (exact) mass is 338 g/mol. The lowest BCUT2D eigenvalue weighted by Gasteiger charge is -2.09. The van der Waals surface area contributed by atoms with Crippen molar-refractivity contribution >= 4 is 23.3 Å². The molecule has 0 aromatic carbocycles. The van der Waals surface area contributed by atoms with E-state index in [4.69, 9.17) is 0 Å². The van der Waals surface area contributed by atoms with E-state index in [9.17, 15) is 22.8 Å². The number of nitrogens with one attached hydrogen (secondary N) is 3. The average molecular weight is 338 g/mol. The highest BCUT2D eigenvalue weighted by molar-refractivity contribution is 7.11. The van der Waals surface area contributed by atoms with Gasteiger partial charge >= 0.3 is 12.2 Å². The second kappa shape index (κ2) is 7.97. The number of aryl methyl sites for hydroxylation is 2. The number of amides is 3. The molecule has 0 aliphatic rings. The molecule has 0 fully saturated rings. The van der Waals surface area contributed by atoms with Crippen LogP contribution in [-0.2, 0) is 11.2 Å². The Morgan fingerprint density at radius 2 is 1.86 bits per heavy atom. The van der Waals surface area contributed by atoms with Crippen LogP contribution in [0.25, 0.3) is 0 Å². The summed E-state index contributed by atoms with van der Waals surface area (Å²) in [5, 5.41) is 7.22. The number of halogens is 3. The zero-order chi connectivity index (χ0) is 16.8. The summed E-state index contributed by atoms with van der Waals surface area (Å²) in [4.78, 5) is 27.9. The van der Waals surface area contributed by atoms with Gasteiger partial charge in [-0.1, -0.05) is 0 Å². The average Bonchev–Trinajstić information content (AvgIpc) is 2.72. The quantitative estimate of drug-likeness (QED) is 0.731. The van der Waals surface area contributed by atoms with Crippen molar-refractivity contribution in [3.05, 3.63) is 15.6 Å². The van der Waals surface area contributed by atoms with Gasteiger partial charge in [0, 0.05) is 17.8 Å². The third kappa shape index (κ3) is 7.25. The summed E-state index contributed by atoms with van der Waals surface area (Å²) in [5.41, 5.74) is 0.950. The molecule has 0 aliphatic carbocycles. The fraction of sp³-hybridized carbons (Fsp3) is 0.583. The van der Waals surface area contributed by atoms with E-state index < -0.39 is 31.2 Å². The maximum Gasteiger partial charge on any atom is 0.405 e. The molecular weight excluding hydrogens is 321 g/mol. The van der Waals surface area contributed by atoms with Gasteiger partial charge in [0.2, 0.25) is 5.91 Å². The molecule has 0 unspecified atom stereocenters. The fourth-order valence-electron chi connectivity index (χ4n) is 1.41. The van der Waals surface area contributed by atoms with Crippen LogP contribution in [0.15, 0.2) is 0 Å². The Morgan fingerprint density at radius 1 is 1.18 bits per heavy atom. The number of hydrogen-bond donors (Lipinski definition) is 3. The molecular formula is C12H17F3N4O2S. The maximum absolute atomic E-state index is 11.9. The van der Waals surface area contributed by atoms with E-state index in [1.807, 2.05) is 13.8 Å². The van der Waals surface area contributed by atoms with E-state index >= 15 is 0 Å². The largest absolute Gasteiger partial charge is 0.405 e. The lowest BCUT2D eigenvalue weighted by atomic mass is 10.4. The molecule has 3 N–H and O–H groups in total. The molecule has 0 saturated heterocycles. The summed E-state index contributed by atoms with van der Waals surface area (Å²) >= 11 is 1.54. The van der Waals surface area contributed by atoms with Crippen molar-refractivity contribution in [2.45, 2.75) is 26.4 Å². The summed E-state index contributed by atoms with van der Waals surface area (Å²) in [5.74, 6) is -0.904. The first kappa shape index (κ1) is 18.2. The van der Waals surface area contributed by atoms with Gasteiger partial charge in [-0.15, -0.1) is 11.3 Å². The maximum atomic E-state index is 11.9. The first-order chi connectivity index (χ1) is 10.2. The molecule has 124 valence electrons. The molecule has 0 bridgehead atoms. The molecule has 10 heteroatoms. The zero-order valence-corrected chi connectivity index (χ0v) is 13.0. The van der Waals surface area contributed by atoms with E-state index in [-0.39, 0.29) is 0 Å². The molecule has 6 nitrogen and oxygen atoms in total. The Balaban J connectivity index is 2.17. The van der Waals surface area contributed by atoms with Crippen molar-refractivity contribution in [1.82, 2.24) is 20.9 Å². The van der Waals surface area contributed by atoms with Crippen LogP contribution in [-0.4, -0.2) is 42.7 Å². The number of thiazole rings is 1. The SMILES string of the molecule is Cc1nc(CCNC(=O)NCC(=O)NCC(F)(F)F)sc1C. The third-order valence-corrected chi connectivity index (χ3v) is 3.73.